The Morgan fingerprint density at radius 2 is 2.20 bits per heavy atom. The molecule has 110 valence electrons. The highest BCUT2D eigenvalue weighted by Gasteiger charge is 2.12. The highest BCUT2D eigenvalue weighted by Crippen LogP contribution is 2.24. The Kier molecular flexibility index (Phi) is 5.64. The lowest BCUT2D eigenvalue weighted by Gasteiger charge is -2.26. The molecule has 1 aliphatic heterocycles. The van der Waals surface area contributed by atoms with Gasteiger partial charge in [-0.1, -0.05) is 11.6 Å². The predicted octanol–water partition coefficient (Wildman–Crippen LogP) is 1.41. The number of nitrogens with zero attached hydrogens (tertiary/aromatic N) is 1. The van der Waals surface area contributed by atoms with Gasteiger partial charge in [-0.05, 0) is 18.2 Å². The van der Waals surface area contributed by atoms with Gasteiger partial charge in [0.2, 0.25) is 0 Å². The molecule has 0 aliphatic carbocycles. The molecule has 1 fully saturated rings. The Morgan fingerprint density at radius 1 is 1.45 bits per heavy atom. The molecule has 1 aromatic rings. The topological polar surface area (TPSA) is 50.8 Å². The van der Waals surface area contributed by atoms with E-state index in [2.05, 4.69) is 10.2 Å². The van der Waals surface area contributed by atoms with E-state index >= 15 is 0 Å². The molecular weight excluding hydrogens is 280 g/mol. The summed E-state index contributed by atoms with van der Waals surface area (Å²) in [5.41, 5.74) is 0.540. The molecule has 5 nitrogen and oxygen atoms in total. The number of ether oxygens (including phenoxy) is 2. The third-order valence-electron chi connectivity index (χ3n) is 3.23. The maximum absolute atomic E-state index is 12.0. The Balaban J connectivity index is 1.80. The first kappa shape index (κ1) is 15.1. The van der Waals surface area contributed by atoms with Crippen LogP contribution in [-0.4, -0.2) is 57.3 Å². The second-order valence-electron chi connectivity index (χ2n) is 4.56. The summed E-state index contributed by atoms with van der Waals surface area (Å²) in [7, 11) is 1.54. The van der Waals surface area contributed by atoms with E-state index in [9.17, 15) is 4.79 Å². The summed E-state index contributed by atoms with van der Waals surface area (Å²) in [4.78, 5) is 14.3. The van der Waals surface area contributed by atoms with Gasteiger partial charge in [-0.15, -0.1) is 0 Å². The van der Waals surface area contributed by atoms with Crippen molar-refractivity contribution in [1.82, 2.24) is 10.2 Å². The van der Waals surface area contributed by atoms with Gasteiger partial charge in [-0.2, -0.15) is 0 Å². The molecule has 1 aliphatic rings. The van der Waals surface area contributed by atoms with Crippen molar-refractivity contribution in [2.75, 3.05) is 46.5 Å². The lowest BCUT2D eigenvalue weighted by atomic mass is 10.2. The normalized spacial score (nSPS) is 15.9. The van der Waals surface area contributed by atoms with E-state index < -0.39 is 0 Å². The largest absolute Gasteiger partial charge is 0.495 e. The molecule has 0 atom stereocenters. The summed E-state index contributed by atoms with van der Waals surface area (Å²) in [5, 5.41) is 3.33. The van der Waals surface area contributed by atoms with Crippen LogP contribution in [0.15, 0.2) is 18.2 Å². The van der Waals surface area contributed by atoms with E-state index in [4.69, 9.17) is 21.1 Å². The number of hydrogen-bond donors (Lipinski definition) is 1. The van der Waals surface area contributed by atoms with Gasteiger partial charge in [0.1, 0.15) is 5.75 Å². The fourth-order valence-electron chi connectivity index (χ4n) is 2.06. The van der Waals surface area contributed by atoms with Gasteiger partial charge in [0.15, 0.2) is 0 Å². The molecule has 0 spiro atoms. The van der Waals surface area contributed by atoms with Gasteiger partial charge >= 0.3 is 0 Å². The minimum atomic E-state index is -0.122. The van der Waals surface area contributed by atoms with E-state index in [0.29, 0.717) is 22.9 Å². The van der Waals surface area contributed by atoms with Crippen LogP contribution in [0.2, 0.25) is 5.02 Å². The van der Waals surface area contributed by atoms with Gasteiger partial charge < -0.3 is 14.8 Å². The van der Waals surface area contributed by atoms with Crippen LogP contribution in [0.4, 0.5) is 0 Å². The first-order chi connectivity index (χ1) is 9.70. The van der Waals surface area contributed by atoms with Gasteiger partial charge in [-0.25, -0.2) is 0 Å². The van der Waals surface area contributed by atoms with Crippen molar-refractivity contribution in [3.8, 4) is 5.75 Å². The minimum Gasteiger partial charge on any atom is -0.495 e. The summed E-state index contributed by atoms with van der Waals surface area (Å²) in [6, 6.07) is 5.01. The first-order valence-electron chi connectivity index (χ1n) is 6.62. The number of amides is 1. The fourth-order valence-corrected chi connectivity index (χ4v) is 2.32. The number of nitrogens with one attached hydrogen (secondary N) is 1. The number of benzene rings is 1. The molecule has 20 heavy (non-hydrogen) atoms. The van der Waals surface area contributed by atoms with Crippen molar-refractivity contribution in [2.45, 2.75) is 0 Å². The molecule has 0 unspecified atom stereocenters. The second kappa shape index (κ2) is 7.47. The molecule has 1 amide bonds. The lowest BCUT2D eigenvalue weighted by molar-refractivity contribution is 0.0383. The average molecular weight is 299 g/mol. The molecule has 0 bridgehead atoms. The fraction of sp³-hybridized carbons (Fsp3) is 0.500. The van der Waals surface area contributed by atoms with Crippen molar-refractivity contribution < 1.29 is 14.3 Å². The zero-order chi connectivity index (χ0) is 14.4. The van der Waals surface area contributed by atoms with E-state index in [-0.39, 0.29) is 5.91 Å². The number of carbonyl (C=O) groups excluding carboxylic acids is 1. The molecule has 1 saturated heterocycles. The van der Waals surface area contributed by atoms with Crippen LogP contribution in [-0.2, 0) is 4.74 Å². The average Bonchev–Trinajstić information content (AvgIpc) is 2.48. The summed E-state index contributed by atoms with van der Waals surface area (Å²) in [5.74, 6) is 0.444. The summed E-state index contributed by atoms with van der Waals surface area (Å²) < 4.78 is 10.3. The van der Waals surface area contributed by atoms with E-state index in [0.717, 1.165) is 32.8 Å². The number of rotatable bonds is 5. The van der Waals surface area contributed by atoms with Crippen LogP contribution >= 0.6 is 11.6 Å². The Hall–Kier alpha value is -1.30. The SMILES string of the molecule is COc1ccc(C(=O)NCCN2CCOCC2)cc1Cl. The van der Waals surface area contributed by atoms with Crippen LogP contribution in [0.5, 0.6) is 5.75 Å². The van der Waals surface area contributed by atoms with E-state index in [1.165, 1.54) is 0 Å². The Bertz CT molecular complexity index is 462. The van der Waals surface area contributed by atoms with Gasteiger partial charge in [-0.3, -0.25) is 9.69 Å². The standard InChI is InChI=1S/C14H19ClN2O3/c1-19-13-3-2-11(10-12(13)15)14(18)16-4-5-17-6-8-20-9-7-17/h2-3,10H,4-9H2,1H3,(H,16,18). The molecule has 1 heterocycles. The van der Waals surface area contributed by atoms with Crippen LogP contribution < -0.4 is 10.1 Å². The van der Waals surface area contributed by atoms with Crippen molar-refractivity contribution >= 4 is 17.5 Å². The van der Waals surface area contributed by atoms with E-state index in [1.807, 2.05) is 0 Å². The van der Waals surface area contributed by atoms with Gasteiger partial charge in [0, 0.05) is 31.7 Å². The molecule has 0 saturated carbocycles. The van der Waals surface area contributed by atoms with Crippen LogP contribution in [0, 0.1) is 0 Å². The third-order valence-corrected chi connectivity index (χ3v) is 3.53. The minimum absolute atomic E-state index is 0.122. The molecular formula is C14H19ClN2O3. The van der Waals surface area contributed by atoms with Crippen LogP contribution in [0.3, 0.4) is 0 Å². The zero-order valence-corrected chi connectivity index (χ0v) is 12.3. The number of carbonyl (C=O) groups is 1. The predicted molar refractivity (Wildman–Crippen MR) is 77.6 cm³/mol. The highest BCUT2D eigenvalue weighted by atomic mass is 35.5. The zero-order valence-electron chi connectivity index (χ0n) is 11.5. The highest BCUT2D eigenvalue weighted by molar-refractivity contribution is 6.32. The lowest BCUT2D eigenvalue weighted by Crippen LogP contribution is -2.41. The summed E-state index contributed by atoms with van der Waals surface area (Å²) in [6.07, 6.45) is 0. The van der Waals surface area contributed by atoms with Gasteiger partial charge in [0.05, 0.1) is 25.3 Å². The molecule has 1 N–H and O–H groups in total. The Morgan fingerprint density at radius 3 is 2.85 bits per heavy atom. The van der Waals surface area contributed by atoms with E-state index in [1.54, 1.807) is 25.3 Å². The molecule has 6 heteroatoms. The monoisotopic (exact) mass is 298 g/mol. The summed E-state index contributed by atoms with van der Waals surface area (Å²) in [6.45, 7) is 4.82. The van der Waals surface area contributed by atoms with Gasteiger partial charge in [0.25, 0.3) is 5.91 Å². The van der Waals surface area contributed by atoms with Crippen LogP contribution in [0.1, 0.15) is 10.4 Å². The second-order valence-corrected chi connectivity index (χ2v) is 4.97. The maximum Gasteiger partial charge on any atom is 0.251 e. The van der Waals surface area contributed by atoms with Crippen molar-refractivity contribution in [2.24, 2.45) is 0 Å². The molecule has 0 aromatic heterocycles. The third kappa shape index (κ3) is 4.10. The number of morpholine rings is 1. The quantitative estimate of drug-likeness (QED) is 0.893. The van der Waals surface area contributed by atoms with Crippen molar-refractivity contribution in [3.05, 3.63) is 28.8 Å². The maximum atomic E-state index is 12.0. The number of halogens is 1. The molecule has 1 aromatic carbocycles. The van der Waals surface area contributed by atoms with Crippen molar-refractivity contribution in [3.63, 3.8) is 0 Å². The van der Waals surface area contributed by atoms with Crippen LogP contribution in [0.25, 0.3) is 0 Å². The first-order valence-corrected chi connectivity index (χ1v) is 7.00. The molecule has 2 rings (SSSR count). The molecule has 0 radical (unpaired) electrons. The number of hydrogen-bond acceptors (Lipinski definition) is 4. The summed E-state index contributed by atoms with van der Waals surface area (Å²) >= 11 is 6.00. The number of methoxy groups -OCH3 is 1. The van der Waals surface area contributed by atoms with Crippen molar-refractivity contribution in [1.29, 1.82) is 0 Å². The smallest absolute Gasteiger partial charge is 0.251 e. The Labute approximate surface area is 123 Å².